The summed E-state index contributed by atoms with van der Waals surface area (Å²) in [6.45, 7) is 4.22. The van der Waals surface area contributed by atoms with Crippen molar-refractivity contribution in [1.29, 1.82) is 0 Å². The number of ether oxygens (including phenoxy) is 1. The van der Waals surface area contributed by atoms with Gasteiger partial charge in [0.05, 0.1) is 6.04 Å². The van der Waals surface area contributed by atoms with Gasteiger partial charge in [-0.15, -0.1) is 0 Å². The molecule has 2 N–H and O–H groups in total. The van der Waals surface area contributed by atoms with Gasteiger partial charge in [-0.3, -0.25) is 4.79 Å². The van der Waals surface area contributed by atoms with Gasteiger partial charge in [-0.05, 0) is 44.7 Å². The van der Waals surface area contributed by atoms with Crippen LogP contribution in [-0.4, -0.2) is 50.8 Å². The number of hydrogen-bond acceptors (Lipinski definition) is 4. The standard InChI is InChI=1S/C14H30N2O2S/c1-13(14(17)16-10-8-11-18-2)15-9-6-4-5-7-12-19-3/h13,15H,4-12H2,1-3H3,(H,16,17). The van der Waals surface area contributed by atoms with E-state index in [2.05, 4.69) is 16.9 Å². The maximum absolute atomic E-state index is 11.7. The quantitative estimate of drug-likeness (QED) is 0.510. The van der Waals surface area contributed by atoms with Crippen LogP contribution >= 0.6 is 11.8 Å². The summed E-state index contributed by atoms with van der Waals surface area (Å²) in [5.74, 6) is 1.34. The van der Waals surface area contributed by atoms with E-state index < -0.39 is 0 Å². The fraction of sp³-hybridized carbons (Fsp3) is 0.929. The Kier molecular flexibility index (Phi) is 14.0. The number of amides is 1. The number of methoxy groups -OCH3 is 1. The van der Waals surface area contributed by atoms with Gasteiger partial charge in [-0.1, -0.05) is 12.8 Å². The molecule has 0 heterocycles. The Morgan fingerprint density at radius 1 is 1.16 bits per heavy atom. The lowest BCUT2D eigenvalue weighted by Gasteiger charge is -2.13. The highest BCUT2D eigenvalue weighted by Crippen LogP contribution is 2.03. The Morgan fingerprint density at radius 2 is 1.89 bits per heavy atom. The molecular weight excluding hydrogens is 260 g/mol. The minimum Gasteiger partial charge on any atom is -0.385 e. The molecule has 0 saturated carbocycles. The van der Waals surface area contributed by atoms with Gasteiger partial charge in [0.15, 0.2) is 0 Å². The third-order valence-corrected chi connectivity index (χ3v) is 3.64. The number of nitrogens with one attached hydrogen (secondary N) is 2. The molecule has 0 aromatic carbocycles. The maximum atomic E-state index is 11.7. The van der Waals surface area contributed by atoms with E-state index in [1.807, 2.05) is 18.7 Å². The summed E-state index contributed by atoms with van der Waals surface area (Å²) in [5.41, 5.74) is 0. The maximum Gasteiger partial charge on any atom is 0.236 e. The fourth-order valence-corrected chi connectivity index (χ4v) is 2.21. The molecule has 114 valence electrons. The van der Waals surface area contributed by atoms with Crippen molar-refractivity contribution in [2.45, 2.75) is 45.1 Å². The monoisotopic (exact) mass is 290 g/mol. The van der Waals surface area contributed by atoms with Crippen LogP contribution in [0.5, 0.6) is 0 Å². The lowest BCUT2D eigenvalue weighted by Crippen LogP contribution is -2.42. The zero-order valence-electron chi connectivity index (χ0n) is 12.7. The van der Waals surface area contributed by atoms with E-state index in [0.29, 0.717) is 13.2 Å². The number of carbonyl (C=O) groups is 1. The molecule has 0 spiro atoms. The average Bonchev–Trinajstić information content (AvgIpc) is 2.42. The minimum absolute atomic E-state index is 0.0819. The number of rotatable bonds is 13. The Hall–Kier alpha value is -0.260. The van der Waals surface area contributed by atoms with Gasteiger partial charge in [0, 0.05) is 20.3 Å². The van der Waals surface area contributed by atoms with E-state index in [9.17, 15) is 4.79 Å². The van der Waals surface area contributed by atoms with E-state index in [1.165, 1.54) is 25.0 Å². The summed E-state index contributed by atoms with van der Waals surface area (Å²) in [7, 11) is 1.67. The lowest BCUT2D eigenvalue weighted by atomic mass is 10.2. The van der Waals surface area contributed by atoms with Gasteiger partial charge in [0.25, 0.3) is 0 Å². The van der Waals surface area contributed by atoms with E-state index in [0.717, 1.165) is 19.4 Å². The average molecular weight is 290 g/mol. The summed E-state index contributed by atoms with van der Waals surface area (Å²) >= 11 is 1.91. The predicted molar refractivity (Wildman–Crippen MR) is 83.8 cm³/mol. The first-order valence-corrected chi connectivity index (χ1v) is 8.60. The zero-order valence-corrected chi connectivity index (χ0v) is 13.5. The smallest absolute Gasteiger partial charge is 0.236 e. The first-order chi connectivity index (χ1) is 9.22. The van der Waals surface area contributed by atoms with Crippen LogP contribution < -0.4 is 10.6 Å². The van der Waals surface area contributed by atoms with Crippen LogP contribution in [0, 0.1) is 0 Å². The molecule has 1 unspecified atom stereocenters. The predicted octanol–water partition coefficient (Wildman–Crippen LogP) is 2.04. The molecule has 0 saturated heterocycles. The normalized spacial score (nSPS) is 12.4. The molecule has 0 aromatic heterocycles. The second kappa shape index (κ2) is 14.2. The molecule has 0 aliphatic heterocycles. The summed E-state index contributed by atoms with van der Waals surface area (Å²) in [6, 6.07) is -0.103. The van der Waals surface area contributed by atoms with Gasteiger partial charge >= 0.3 is 0 Å². The summed E-state index contributed by atoms with van der Waals surface area (Å²) < 4.78 is 4.94. The molecule has 1 atom stereocenters. The Bertz CT molecular complexity index is 216. The number of hydrogen-bond donors (Lipinski definition) is 2. The van der Waals surface area contributed by atoms with E-state index in [1.54, 1.807) is 7.11 Å². The molecule has 0 aromatic rings. The molecule has 0 rings (SSSR count). The molecule has 4 nitrogen and oxygen atoms in total. The van der Waals surface area contributed by atoms with Crippen LogP contribution in [0.25, 0.3) is 0 Å². The number of unbranched alkanes of at least 4 members (excludes halogenated alkanes) is 3. The van der Waals surface area contributed by atoms with E-state index in [-0.39, 0.29) is 11.9 Å². The first-order valence-electron chi connectivity index (χ1n) is 7.21. The van der Waals surface area contributed by atoms with Crippen molar-refractivity contribution in [3.8, 4) is 0 Å². The van der Waals surface area contributed by atoms with Crippen molar-refractivity contribution in [1.82, 2.24) is 10.6 Å². The molecule has 5 heteroatoms. The molecule has 1 amide bonds. The molecular formula is C14H30N2O2S. The van der Waals surface area contributed by atoms with Crippen molar-refractivity contribution < 1.29 is 9.53 Å². The molecule has 0 radical (unpaired) electrons. The highest BCUT2D eigenvalue weighted by molar-refractivity contribution is 7.98. The van der Waals surface area contributed by atoms with Gasteiger partial charge in [-0.2, -0.15) is 11.8 Å². The molecule has 0 bridgehead atoms. The number of thioether (sulfide) groups is 1. The highest BCUT2D eigenvalue weighted by atomic mass is 32.2. The van der Waals surface area contributed by atoms with Gasteiger partial charge < -0.3 is 15.4 Å². The summed E-state index contributed by atoms with van der Waals surface area (Å²) in [6.07, 6.45) is 8.00. The summed E-state index contributed by atoms with van der Waals surface area (Å²) in [4.78, 5) is 11.7. The van der Waals surface area contributed by atoms with E-state index >= 15 is 0 Å². The van der Waals surface area contributed by atoms with Crippen molar-refractivity contribution in [2.75, 3.05) is 38.8 Å². The Labute approximate surface area is 122 Å². The van der Waals surface area contributed by atoms with Gasteiger partial charge in [0.2, 0.25) is 5.91 Å². The van der Waals surface area contributed by atoms with E-state index in [4.69, 9.17) is 4.74 Å². The van der Waals surface area contributed by atoms with Gasteiger partial charge in [0.1, 0.15) is 0 Å². The molecule has 0 fully saturated rings. The first kappa shape index (κ1) is 18.7. The highest BCUT2D eigenvalue weighted by Gasteiger charge is 2.10. The van der Waals surface area contributed by atoms with Crippen LogP contribution in [0.1, 0.15) is 39.0 Å². The van der Waals surface area contributed by atoms with Gasteiger partial charge in [-0.25, -0.2) is 0 Å². The summed E-state index contributed by atoms with van der Waals surface area (Å²) in [5, 5.41) is 6.17. The second-order valence-electron chi connectivity index (χ2n) is 4.72. The van der Waals surface area contributed by atoms with Crippen LogP contribution in [0.3, 0.4) is 0 Å². The zero-order chi connectivity index (χ0) is 14.3. The fourth-order valence-electron chi connectivity index (χ4n) is 1.72. The van der Waals surface area contributed by atoms with Crippen LogP contribution in [0.4, 0.5) is 0 Å². The van der Waals surface area contributed by atoms with Crippen LogP contribution in [-0.2, 0) is 9.53 Å². The number of carbonyl (C=O) groups excluding carboxylic acids is 1. The Morgan fingerprint density at radius 3 is 2.58 bits per heavy atom. The van der Waals surface area contributed by atoms with Crippen molar-refractivity contribution in [2.24, 2.45) is 0 Å². The van der Waals surface area contributed by atoms with Crippen molar-refractivity contribution in [3.63, 3.8) is 0 Å². The Balaban J connectivity index is 3.36. The van der Waals surface area contributed by atoms with Crippen LogP contribution in [0.15, 0.2) is 0 Å². The molecule has 0 aliphatic rings. The van der Waals surface area contributed by atoms with Crippen LogP contribution in [0.2, 0.25) is 0 Å². The molecule has 0 aliphatic carbocycles. The third-order valence-electron chi connectivity index (χ3n) is 2.94. The minimum atomic E-state index is -0.103. The van der Waals surface area contributed by atoms with Crippen molar-refractivity contribution in [3.05, 3.63) is 0 Å². The second-order valence-corrected chi connectivity index (χ2v) is 5.71. The third kappa shape index (κ3) is 12.5. The SMILES string of the molecule is COCCCNC(=O)C(C)NCCCCCCSC. The lowest BCUT2D eigenvalue weighted by molar-refractivity contribution is -0.122. The topological polar surface area (TPSA) is 50.4 Å². The molecule has 19 heavy (non-hydrogen) atoms. The van der Waals surface area contributed by atoms with Crippen molar-refractivity contribution >= 4 is 17.7 Å². The largest absolute Gasteiger partial charge is 0.385 e.